The quantitative estimate of drug-likeness (QED) is 0.507. The number of aromatic nitrogens is 4. The molecule has 10 heteroatoms. The number of nitrogens with zero attached hydrogens (tertiary/aromatic N) is 5. The highest BCUT2D eigenvalue weighted by atomic mass is 32.1. The highest BCUT2D eigenvalue weighted by Gasteiger charge is 2.18. The Morgan fingerprint density at radius 2 is 2.06 bits per heavy atom. The van der Waals surface area contributed by atoms with Crippen molar-refractivity contribution in [3.63, 3.8) is 0 Å². The van der Waals surface area contributed by atoms with Gasteiger partial charge in [0.1, 0.15) is 10.6 Å². The number of pyridine rings is 2. The van der Waals surface area contributed by atoms with E-state index in [0.29, 0.717) is 35.8 Å². The summed E-state index contributed by atoms with van der Waals surface area (Å²) in [6.07, 6.45) is 6.88. The molecular formula is C21H21N7O2S. The molecule has 1 aliphatic rings. The maximum absolute atomic E-state index is 12.9. The Morgan fingerprint density at radius 1 is 1.23 bits per heavy atom. The van der Waals surface area contributed by atoms with E-state index in [-0.39, 0.29) is 5.91 Å². The molecule has 158 valence electrons. The monoisotopic (exact) mass is 435 g/mol. The molecule has 0 saturated carbocycles. The lowest BCUT2D eigenvalue weighted by atomic mass is 10.2. The first-order valence-electron chi connectivity index (χ1n) is 9.88. The third kappa shape index (κ3) is 3.82. The fourth-order valence-corrected chi connectivity index (χ4v) is 4.53. The molecule has 0 aromatic carbocycles. The van der Waals surface area contributed by atoms with E-state index in [1.165, 1.54) is 11.3 Å². The number of carbonyl (C=O) groups excluding carboxylic acids is 1. The summed E-state index contributed by atoms with van der Waals surface area (Å²) in [6, 6.07) is 5.74. The number of rotatable bonds is 4. The van der Waals surface area contributed by atoms with Crippen LogP contribution in [-0.4, -0.2) is 51.8 Å². The lowest BCUT2D eigenvalue weighted by Gasteiger charge is -2.27. The highest BCUT2D eigenvalue weighted by Crippen LogP contribution is 2.32. The van der Waals surface area contributed by atoms with Crippen LogP contribution in [0.15, 0.2) is 43.0 Å². The van der Waals surface area contributed by atoms with Gasteiger partial charge in [0.2, 0.25) is 0 Å². The minimum absolute atomic E-state index is 0.248. The standard InChI is InChI=1S/C21H21N7O2S/c1-13-17(9-15(22)10-24-13)26-20(29)16-11-25-28-12-18(31-21(16)28)14-2-3-23-19(8-14)27-4-6-30-7-5-27/h2-3,8-12H,4-7,22H2,1H3,(H,26,29). The number of carbonyl (C=O) groups is 1. The number of morpholine rings is 1. The molecule has 4 aromatic heterocycles. The first kappa shape index (κ1) is 19.5. The summed E-state index contributed by atoms with van der Waals surface area (Å²) < 4.78 is 7.16. The Balaban J connectivity index is 1.43. The summed E-state index contributed by atoms with van der Waals surface area (Å²) in [4.78, 5) is 25.6. The molecule has 4 aromatic rings. The number of thiazole rings is 1. The van der Waals surface area contributed by atoms with Gasteiger partial charge in [-0.2, -0.15) is 5.10 Å². The molecule has 0 spiro atoms. The predicted molar refractivity (Wildman–Crippen MR) is 121 cm³/mol. The first-order chi connectivity index (χ1) is 15.1. The van der Waals surface area contributed by atoms with Gasteiger partial charge in [0.25, 0.3) is 5.91 Å². The SMILES string of the molecule is Cc1ncc(N)cc1NC(=O)c1cnn2cc(-c3ccnc(N4CCOCC4)c3)sc12. The largest absolute Gasteiger partial charge is 0.397 e. The number of nitrogen functional groups attached to an aromatic ring is 1. The number of aryl methyl sites for hydroxylation is 1. The van der Waals surface area contributed by atoms with Gasteiger partial charge in [-0.15, -0.1) is 11.3 Å². The van der Waals surface area contributed by atoms with Gasteiger partial charge >= 0.3 is 0 Å². The van der Waals surface area contributed by atoms with Crippen LogP contribution in [0.1, 0.15) is 16.1 Å². The van der Waals surface area contributed by atoms with Gasteiger partial charge in [0.05, 0.1) is 53.1 Å². The summed E-state index contributed by atoms with van der Waals surface area (Å²) >= 11 is 1.51. The third-order valence-electron chi connectivity index (χ3n) is 5.16. The number of ether oxygens (including phenoxy) is 1. The molecule has 0 bridgehead atoms. The van der Waals surface area contributed by atoms with Crippen molar-refractivity contribution in [1.82, 2.24) is 19.6 Å². The second-order valence-corrected chi connectivity index (χ2v) is 8.29. The Labute approximate surface area is 182 Å². The van der Waals surface area contributed by atoms with Crippen LogP contribution in [0.4, 0.5) is 17.2 Å². The van der Waals surface area contributed by atoms with Gasteiger partial charge in [-0.3, -0.25) is 9.78 Å². The van der Waals surface area contributed by atoms with Gasteiger partial charge in [-0.1, -0.05) is 0 Å². The van der Waals surface area contributed by atoms with Crippen molar-refractivity contribution in [3.8, 4) is 10.4 Å². The third-order valence-corrected chi connectivity index (χ3v) is 6.32. The zero-order valence-electron chi connectivity index (χ0n) is 16.9. The predicted octanol–water partition coefficient (Wildman–Crippen LogP) is 2.83. The number of fused-ring (bicyclic) bond motifs is 1. The molecule has 0 unspecified atom stereocenters. The van der Waals surface area contributed by atoms with E-state index < -0.39 is 0 Å². The molecule has 9 nitrogen and oxygen atoms in total. The molecule has 1 aliphatic heterocycles. The lowest BCUT2D eigenvalue weighted by molar-refractivity contribution is 0.102. The summed E-state index contributed by atoms with van der Waals surface area (Å²) in [5.74, 6) is 0.678. The van der Waals surface area contributed by atoms with Crippen molar-refractivity contribution < 1.29 is 9.53 Å². The van der Waals surface area contributed by atoms with Crippen molar-refractivity contribution in [2.75, 3.05) is 42.3 Å². The van der Waals surface area contributed by atoms with Crippen LogP contribution >= 0.6 is 11.3 Å². The zero-order chi connectivity index (χ0) is 21.4. The van der Waals surface area contributed by atoms with Gasteiger partial charge in [0.15, 0.2) is 0 Å². The summed E-state index contributed by atoms with van der Waals surface area (Å²) in [5, 5.41) is 7.25. The molecule has 0 radical (unpaired) electrons. The number of amides is 1. The van der Waals surface area contributed by atoms with Gasteiger partial charge in [0, 0.05) is 25.5 Å². The molecule has 1 amide bonds. The van der Waals surface area contributed by atoms with Crippen LogP contribution in [0.5, 0.6) is 0 Å². The number of hydrogen-bond acceptors (Lipinski definition) is 8. The van der Waals surface area contributed by atoms with E-state index >= 15 is 0 Å². The Hall–Kier alpha value is -3.50. The molecule has 1 saturated heterocycles. The maximum Gasteiger partial charge on any atom is 0.260 e. The Bertz CT molecular complexity index is 1260. The summed E-state index contributed by atoms with van der Waals surface area (Å²) in [6.45, 7) is 4.89. The fourth-order valence-electron chi connectivity index (χ4n) is 3.48. The van der Waals surface area contributed by atoms with Crippen LogP contribution in [-0.2, 0) is 4.74 Å². The molecular weight excluding hydrogens is 414 g/mol. The smallest absolute Gasteiger partial charge is 0.260 e. The van der Waals surface area contributed by atoms with Crippen molar-refractivity contribution >= 4 is 39.3 Å². The van der Waals surface area contributed by atoms with Crippen LogP contribution < -0.4 is 16.0 Å². The average Bonchev–Trinajstić information content (AvgIpc) is 3.38. The van der Waals surface area contributed by atoms with Crippen molar-refractivity contribution in [2.24, 2.45) is 0 Å². The van der Waals surface area contributed by atoms with E-state index in [0.717, 1.165) is 34.2 Å². The molecule has 0 atom stereocenters. The van der Waals surface area contributed by atoms with E-state index in [1.54, 1.807) is 23.0 Å². The van der Waals surface area contributed by atoms with Gasteiger partial charge in [-0.05, 0) is 30.7 Å². The minimum atomic E-state index is -0.248. The van der Waals surface area contributed by atoms with E-state index in [2.05, 4.69) is 31.3 Å². The molecule has 1 fully saturated rings. The van der Waals surface area contributed by atoms with Crippen LogP contribution in [0.3, 0.4) is 0 Å². The maximum atomic E-state index is 12.9. The normalized spacial score (nSPS) is 14.2. The van der Waals surface area contributed by atoms with Crippen molar-refractivity contribution in [3.05, 3.63) is 54.2 Å². The molecule has 31 heavy (non-hydrogen) atoms. The number of nitrogens with two attached hydrogens (primary N) is 1. The van der Waals surface area contributed by atoms with Crippen LogP contribution in [0.2, 0.25) is 0 Å². The Kier molecular flexibility index (Phi) is 5.00. The van der Waals surface area contributed by atoms with Gasteiger partial charge in [-0.25, -0.2) is 9.50 Å². The topological polar surface area (TPSA) is 111 Å². The van der Waals surface area contributed by atoms with Crippen LogP contribution in [0, 0.1) is 6.92 Å². The second kappa shape index (κ2) is 7.97. The number of hydrogen-bond donors (Lipinski definition) is 2. The number of nitrogens with one attached hydrogen (secondary N) is 1. The van der Waals surface area contributed by atoms with E-state index in [9.17, 15) is 4.79 Å². The van der Waals surface area contributed by atoms with Crippen LogP contribution in [0.25, 0.3) is 15.3 Å². The average molecular weight is 436 g/mol. The molecule has 5 rings (SSSR count). The van der Waals surface area contributed by atoms with Crippen molar-refractivity contribution in [2.45, 2.75) is 6.92 Å². The van der Waals surface area contributed by atoms with E-state index in [4.69, 9.17) is 10.5 Å². The number of anilines is 3. The summed E-state index contributed by atoms with van der Waals surface area (Å²) in [7, 11) is 0. The zero-order valence-corrected chi connectivity index (χ0v) is 17.7. The first-order valence-corrected chi connectivity index (χ1v) is 10.7. The molecule has 5 heterocycles. The minimum Gasteiger partial charge on any atom is -0.397 e. The second-order valence-electron chi connectivity index (χ2n) is 7.26. The van der Waals surface area contributed by atoms with Gasteiger partial charge < -0.3 is 20.7 Å². The summed E-state index contributed by atoms with van der Waals surface area (Å²) in [5.41, 5.74) is 9.12. The Morgan fingerprint density at radius 3 is 2.90 bits per heavy atom. The van der Waals surface area contributed by atoms with E-state index in [1.807, 2.05) is 25.4 Å². The lowest BCUT2D eigenvalue weighted by Crippen LogP contribution is -2.36. The molecule has 0 aliphatic carbocycles. The molecule has 3 N–H and O–H groups in total. The fraction of sp³-hybridized carbons (Fsp3) is 0.238. The highest BCUT2D eigenvalue weighted by molar-refractivity contribution is 7.21. The van der Waals surface area contributed by atoms with Crippen molar-refractivity contribution in [1.29, 1.82) is 0 Å².